The van der Waals surface area contributed by atoms with Gasteiger partial charge in [0.2, 0.25) is 0 Å². The van der Waals surface area contributed by atoms with Crippen molar-refractivity contribution in [2.45, 2.75) is 78.6 Å². The van der Waals surface area contributed by atoms with E-state index in [1.165, 1.54) is 6.07 Å². The van der Waals surface area contributed by atoms with Gasteiger partial charge in [0.05, 0.1) is 31.2 Å². The third-order valence-electron chi connectivity index (χ3n) is 5.69. The molecule has 220 valence electrons. The molecule has 0 aliphatic rings. The highest BCUT2D eigenvalue weighted by molar-refractivity contribution is 5.77. The maximum absolute atomic E-state index is 15.6. The second kappa shape index (κ2) is 13.7. The van der Waals surface area contributed by atoms with Crippen molar-refractivity contribution in [2.75, 3.05) is 13.2 Å². The van der Waals surface area contributed by atoms with Crippen LogP contribution in [0.4, 0.5) is 22.4 Å². The number of alkyl halides is 3. The van der Waals surface area contributed by atoms with E-state index >= 15 is 4.39 Å². The number of carbonyl (C=O) groups excluding carboxylic acids is 2. The molecule has 0 saturated heterocycles. The molecule has 0 heterocycles. The Hall–Kier alpha value is -3.56. The highest BCUT2D eigenvalue weighted by atomic mass is 19.4. The maximum Gasteiger partial charge on any atom is 0.419 e. The number of nitrogens with one attached hydrogen (secondary N) is 1. The van der Waals surface area contributed by atoms with Gasteiger partial charge in [-0.15, -0.1) is 6.58 Å². The smallest absolute Gasteiger partial charge is 0.419 e. The first-order chi connectivity index (χ1) is 18.6. The van der Waals surface area contributed by atoms with Crippen LogP contribution in [0.3, 0.4) is 0 Å². The number of rotatable bonds is 11. The molecular formula is C30H37F4NO5. The van der Waals surface area contributed by atoms with Gasteiger partial charge in [0, 0.05) is 11.1 Å². The standard InChI is InChI=1S/C30H37F4NO5/c1-8-10-11-12-39-24-14-18(3)13-19(4)26(24)20-15-21(27(31)22(16-20)30(32,33)34)23(17-25(36)38-9-2)35-28(37)40-29(5,6)7/h8,13-16,23H,1,9-12,17H2,2-7H3,(H,35,37)/t23-/m0/s1. The molecule has 1 amide bonds. The van der Waals surface area contributed by atoms with Crippen molar-refractivity contribution in [3.05, 3.63) is 65.0 Å². The van der Waals surface area contributed by atoms with E-state index in [0.29, 0.717) is 35.8 Å². The van der Waals surface area contributed by atoms with Crippen molar-refractivity contribution < 1.29 is 41.4 Å². The number of aryl methyl sites for hydroxylation is 2. The molecule has 0 aliphatic carbocycles. The van der Waals surface area contributed by atoms with Gasteiger partial charge in [-0.25, -0.2) is 9.18 Å². The summed E-state index contributed by atoms with van der Waals surface area (Å²) >= 11 is 0. The average Bonchev–Trinajstić information content (AvgIpc) is 2.80. The molecule has 0 fully saturated rings. The number of ether oxygens (including phenoxy) is 3. The van der Waals surface area contributed by atoms with Crippen LogP contribution in [0.15, 0.2) is 36.9 Å². The largest absolute Gasteiger partial charge is 0.493 e. The number of alkyl carbamates (subject to hydrolysis) is 1. The summed E-state index contributed by atoms with van der Waals surface area (Å²) in [6.07, 6.45) is -3.67. The highest BCUT2D eigenvalue weighted by Gasteiger charge is 2.38. The van der Waals surface area contributed by atoms with E-state index in [0.717, 1.165) is 5.56 Å². The minimum absolute atomic E-state index is 0.0105. The molecule has 0 aliphatic heterocycles. The second-order valence-corrected chi connectivity index (χ2v) is 10.4. The predicted molar refractivity (Wildman–Crippen MR) is 145 cm³/mol. The van der Waals surface area contributed by atoms with Gasteiger partial charge in [-0.2, -0.15) is 13.2 Å². The molecular weight excluding hydrogens is 530 g/mol. The Balaban J connectivity index is 2.76. The Kier molecular flexibility index (Phi) is 11.2. The van der Waals surface area contributed by atoms with Gasteiger partial charge < -0.3 is 19.5 Å². The fourth-order valence-corrected chi connectivity index (χ4v) is 4.15. The van der Waals surface area contributed by atoms with Gasteiger partial charge in [-0.1, -0.05) is 12.1 Å². The summed E-state index contributed by atoms with van der Waals surface area (Å²) in [7, 11) is 0. The maximum atomic E-state index is 15.6. The molecule has 6 nitrogen and oxygen atoms in total. The summed E-state index contributed by atoms with van der Waals surface area (Å²) in [4.78, 5) is 25.0. The summed E-state index contributed by atoms with van der Waals surface area (Å²) in [6, 6.07) is 3.86. The molecule has 2 rings (SSSR count). The number of hydrogen-bond acceptors (Lipinski definition) is 5. The Morgan fingerprint density at radius 1 is 1.10 bits per heavy atom. The molecule has 0 saturated carbocycles. The quantitative estimate of drug-likeness (QED) is 0.129. The number of allylic oxidation sites excluding steroid dienone is 1. The number of carbonyl (C=O) groups is 2. The van der Waals surface area contributed by atoms with Crippen LogP contribution in [-0.2, 0) is 20.4 Å². The van der Waals surface area contributed by atoms with Crippen molar-refractivity contribution in [1.82, 2.24) is 5.32 Å². The monoisotopic (exact) mass is 567 g/mol. The minimum atomic E-state index is -5.07. The van der Waals surface area contributed by atoms with Crippen molar-refractivity contribution in [3.8, 4) is 16.9 Å². The zero-order chi connectivity index (χ0) is 30.3. The summed E-state index contributed by atoms with van der Waals surface area (Å²) in [6.45, 7) is 13.8. The Labute approximate surface area is 232 Å². The van der Waals surface area contributed by atoms with E-state index in [4.69, 9.17) is 14.2 Å². The van der Waals surface area contributed by atoms with Crippen LogP contribution in [0.25, 0.3) is 11.1 Å². The fourth-order valence-electron chi connectivity index (χ4n) is 4.15. The lowest BCUT2D eigenvalue weighted by molar-refractivity contribution is -0.143. The number of halogens is 4. The Morgan fingerprint density at radius 3 is 2.35 bits per heavy atom. The van der Waals surface area contributed by atoms with E-state index in [2.05, 4.69) is 11.9 Å². The van der Waals surface area contributed by atoms with Crippen LogP contribution < -0.4 is 10.1 Å². The Bertz CT molecular complexity index is 1220. The average molecular weight is 568 g/mol. The topological polar surface area (TPSA) is 73.9 Å². The van der Waals surface area contributed by atoms with Gasteiger partial charge in [0.1, 0.15) is 17.2 Å². The molecule has 0 unspecified atom stereocenters. The zero-order valence-electron chi connectivity index (χ0n) is 23.8. The normalized spacial score (nSPS) is 12.4. The van der Waals surface area contributed by atoms with Crippen molar-refractivity contribution in [1.29, 1.82) is 0 Å². The first-order valence-corrected chi connectivity index (χ1v) is 13.0. The fraction of sp³-hybridized carbons (Fsp3) is 0.467. The number of esters is 1. The van der Waals surface area contributed by atoms with Crippen molar-refractivity contribution in [3.63, 3.8) is 0 Å². The van der Waals surface area contributed by atoms with Crippen LogP contribution in [0.1, 0.15) is 75.3 Å². The summed E-state index contributed by atoms with van der Waals surface area (Å²) < 4.78 is 74.1. The van der Waals surface area contributed by atoms with Crippen LogP contribution in [0.5, 0.6) is 5.75 Å². The van der Waals surface area contributed by atoms with Crippen molar-refractivity contribution in [2.24, 2.45) is 0 Å². The van der Waals surface area contributed by atoms with Crippen LogP contribution >= 0.6 is 0 Å². The number of amides is 1. The second-order valence-electron chi connectivity index (χ2n) is 10.4. The summed E-state index contributed by atoms with van der Waals surface area (Å²) in [5, 5.41) is 2.35. The summed E-state index contributed by atoms with van der Waals surface area (Å²) in [5.74, 6) is -2.12. The first kappa shape index (κ1) is 32.7. The van der Waals surface area contributed by atoms with E-state index in [1.54, 1.807) is 52.8 Å². The highest BCUT2D eigenvalue weighted by Crippen LogP contribution is 2.42. The lowest BCUT2D eigenvalue weighted by Gasteiger charge is -2.25. The molecule has 2 aromatic rings. The summed E-state index contributed by atoms with van der Waals surface area (Å²) in [5.41, 5.74) is -1.26. The molecule has 0 radical (unpaired) electrons. The minimum Gasteiger partial charge on any atom is -0.493 e. The van der Waals surface area contributed by atoms with Crippen LogP contribution in [-0.4, -0.2) is 30.9 Å². The number of unbranched alkanes of at least 4 members (excludes halogenated alkanes) is 1. The molecule has 2 aromatic carbocycles. The van der Waals surface area contributed by atoms with E-state index in [9.17, 15) is 22.8 Å². The van der Waals surface area contributed by atoms with E-state index in [-0.39, 0.29) is 18.8 Å². The predicted octanol–water partition coefficient (Wildman–Crippen LogP) is 7.99. The molecule has 40 heavy (non-hydrogen) atoms. The van der Waals surface area contributed by atoms with E-state index < -0.39 is 53.2 Å². The first-order valence-electron chi connectivity index (χ1n) is 13.0. The molecule has 10 heteroatoms. The van der Waals surface area contributed by atoms with Gasteiger partial charge in [-0.3, -0.25) is 4.79 Å². The molecule has 1 N–H and O–H groups in total. The lowest BCUT2D eigenvalue weighted by Crippen LogP contribution is -2.36. The number of hydrogen-bond donors (Lipinski definition) is 1. The van der Waals surface area contributed by atoms with Crippen LogP contribution in [0, 0.1) is 19.7 Å². The third-order valence-corrected chi connectivity index (χ3v) is 5.69. The number of benzene rings is 2. The SMILES string of the molecule is C=CCCCOc1cc(C)cc(C)c1-c1cc([C@H](CC(=O)OCC)NC(=O)OC(C)(C)C)c(F)c(C(F)(F)F)c1. The third kappa shape index (κ3) is 9.27. The van der Waals surface area contributed by atoms with Gasteiger partial charge >= 0.3 is 18.2 Å². The zero-order valence-corrected chi connectivity index (χ0v) is 23.8. The Morgan fingerprint density at radius 2 is 1.77 bits per heavy atom. The molecule has 0 aromatic heterocycles. The van der Waals surface area contributed by atoms with Crippen molar-refractivity contribution >= 4 is 12.1 Å². The van der Waals surface area contributed by atoms with E-state index in [1.807, 2.05) is 6.92 Å². The van der Waals surface area contributed by atoms with Crippen LogP contribution in [0.2, 0.25) is 0 Å². The lowest BCUT2D eigenvalue weighted by atomic mass is 9.91. The molecule has 1 atom stereocenters. The van der Waals surface area contributed by atoms with Gasteiger partial charge in [0.15, 0.2) is 0 Å². The van der Waals surface area contributed by atoms with Gasteiger partial charge in [-0.05, 0) is 89.3 Å². The molecule has 0 spiro atoms. The molecule has 0 bridgehead atoms. The van der Waals surface area contributed by atoms with Gasteiger partial charge in [0.25, 0.3) is 0 Å².